The molecule has 18 heavy (non-hydrogen) atoms. The van der Waals surface area contributed by atoms with Gasteiger partial charge in [0.2, 0.25) is 11.8 Å². The van der Waals surface area contributed by atoms with Crippen LogP contribution < -0.4 is 11.1 Å². The van der Waals surface area contributed by atoms with Gasteiger partial charge in [-0.05, 0) is 5.56 Å². The number of hydrogen-bond donors (Lipinski definition) is 2. The fourth-order valence-electron chi connectivity index (χ4n) is 1.75. The molecule has 1 aromatic rings. The quantitative estimate of drug-likeness (QED) is 0.758. The van der Waals surface area contributed by atoms with Crippen LogP contribution in [0.2, 0.25) is 0 Å². The molecule has 0 fully saturated rings. The molecule has 0 saturated heterocycles. The summed E-state index contributed by atoms with van der Waals surface area (Å²) in [6, 6.07) is 8.74. The van der Waals surface area contributed by atoms with Crippen molar-refractivity contribution < 1.29 is 14.3 Å². The lowest BCUT2D eigenvalue weighted by Crippen LogP contribution is -2.52. The van der Waals surface area contributed by atoms with E-state index in [1.165, 1.54) is 14.0 Å². The summed E-state index contributed by atoms with van der Waals surface area (Å²) in [6.45, 7) is 1.34. The molecule has 2 atom stereocenters. The fourth-order valence-corrected chi connectivity index (χ4v) is 1.75. The summed E-state index contributed by atoms with van der Waals surface area (Å²) in [5.41, 5.74) is 6.30. The zero-order valence-electron chi connectivity index (χ0n) is 10.6. The molecular weight excluding hydrogens is 232 g/mol. The van der Waals surface area contributed by atoms with E-state index in [4.69, 9.17) is 10.5 Å². The first kappa shape index (κ1) is 14.2. The van der Waals surface area contributed by atoms with E-state index in [-0.39, 0.29) is 5.91 Å². The van der Waals surface area contributed by atoms with Crippen LogP contribution in [0.25, 0.3) is 0 Å². The van der Waals surface area contributed by atoms with Crippen LogP contribution in [-0.2, 0) is 20.7 Å². The van der Waals surface area contributed by atoms with Gasteiger partial charge in [0.15, 0.2) is 0 Å². The van der Waals surface area contributed by atoms with Crippen molar-refractivity contribution in [3.05, 3.63) is 35.9 Å². The third-order valence-corrected chi connectivity index (χ3v) is 2.62. The zero-order chi connectivity index (χ0) is 13.5. The number of carbonyl (C=O) groups is 2. The topological polar surface area (TPSA) is 81.4 Å². The van der Waals surface area contributed by atoms with E-state index in [1.807, 2.05) is 30.3 Å². The van der Waals surface area contributed by atoms with Crippen molar-refractivity contribution in [3.8, 4) is 0 Å². The Balaban J connectivity index is 2.79. The average molecular weight is 250 g/mol. The van der Waals surface area contributed by atoms with Crippen molar-refractivity contribution in [2.45, 2.75) is 25.5 Å². The first-order valence-corrected chi connectivity index (χ1v) is 5.67. The van der Waals surface area contributed by atoms with Crippen molar-refractivity contribution in [2.75, 3.05) is 7.11 Å². The molecular formula is C13H18N2O3. The summed E-state index contributed by atoms with van der Waals surface area (Å²) < 4.78 is 5.26. The van der Waals surface area contributed by atoms with E-state index in [1.54, 1.807) is 0 Å². The Morgan fingerprint density at radius 2 is 1.94 bits per heavy atom. The highest BCUT2D eigenvalue weighted by atomic mass is 16.5. The highest BCUT2D eigenvalue weighted by Gasteiger charge is 2.27. The predicted molar refractivity (Wildman–Crippen MR) is 67.7 cm³/mol. The molecule has 5 nitrogen and oxygen atoms in total. The van der Waals surface area contributed by atoms with Crippen LogP contribution in [-0.4, -0.2) is 31.1 Å². The van der Waals surface area contributed by atoms with Crippen LogP contribution in [0.15, 0.2) is 30.3 Å². The van der Waals surface area contributed by atoms with Gasteiger partial charge in [0.1, 0.15) is 6.04 Å². The monoisotopic (exact) mass is 250 g/mol. The predicted octanol–water partition coefficient (Wildman–Crippen LogP) is 0.234. The standard InChI is InChI=1S/C13H18N2O3/c1-9(16)15-12(13(14)17)11(18-2)8-10-6-4-3-5-7-10/h3-7,11-12H,8H2,1-2H3,(H2,14,17)(H,15,16)/t11-,12?/m1/s1. The third kappa shape index (κ3) is 4.18. The lowest BCUT2D eigenvalue weighted by atomic mass is 10.0. The lowest BCUT2D eigenvalue weighted by Gasteiger charge is -2.24. The Bertz CT molecular complexity index is 406. The minimum absolute atomic E-state index is 0.311. The molecule has 1 aromatic carbocycles. The number of hydrogen-bond acceptors (Lipinski definition) is 3. The fraction of sp³-hybridized carbons (Fsp3) is 0.385. The Labute approximate surface area is 106 Å². The summed E-state index contributed by atoms with van der Waals surface area (Å²) in [7, 11) is 1.49. The second kappa shape index (κ2) is 6.76. The number of carbonyl (C=O) groups excluding carboxylic acids is 2. The molecule has 0 aliphatic heterocycles. The average Bonchev–Trinajstić information content (AvgIpc) is 2.34. The first-order chi connectivity index (χ1) is 8.54. The molecule has 1 unspecified atom stereocenters. The number of nitrogens with two attached hydrogens (primary N) is 1. The normalized spacial score (nSPS) is 13.7. The van der Waals surface area contributed by atoms with E-state index in [9.17, 15) is 9.59 Å². The van der Waals surface area contributed by atoms with Crippen molar-refractivity contribution in [2.24, 2.45) is 5.73 Å². The summed E-state index contributed by atoms with van der Waals surface area (Å²) in [5, 5.41) is 2.51. The second-order valence-corrected chi connectivity index (χ2v) is 4.04. The molecule has 0 bridgehead atoms. The Morgan fingerprint density at radius 3 is 2.39 bits per heavy atom. The van der Waals surface area contributed by atoms with Gasteiger partial charge in [0.05, 0.1) is 6.10 Å². The van der Waals surface area contributed by atoms with Gasteiger partial charge in [0, 0.05) is 20.5 Å². The van der Waals surface area contributed by atoms with Gasteiger partial charge in [-0.3, -0.25) is 9.59 Å². The summed E-state index contributed by atoms with van der Waals surface area (Å²) in [5.74, 6) is -0.915. The second-order valence-electron chi connectivity index (χ2n) is 4.04. The minimum Gasteiger partial charge on any atom is -0.378 e. The zero-order valence-corrected chi connectivity index (χ0v) is 10.6. The molecule has 5 heteroatoms. The van der Waals surface area contributed by atoms with Crippen LogP contribution >= 0.6 is 0 Å². The van der Waals surface area contributed by atoms with Crippen molar-refractivity contribution >= 4 is 11.8 Å². The van der Waals surface area contributed by atoms with E-state index in [0.29, 0.717) is 6.42 Å². The van der Waals surface area contributed by atoms with Gasteiger partial charge in [0.25, 0.3) is 0 Å². The molecule has 0 heterocycles. The maximum absolute atomic E-state index is 11.4. The van der Waals surface area contributed by atoms with Crippen LogP contribution in [0.1, 0.15) is 12.5 Å². The Hall–Kier alpha value is -1.88. The summed E-state index contributed by atoms with van der Waals surface area (Å²) in [4.78, 5) is 22.4. The van der Waals surface area contributed by atoms with Crippen LogP contribution in [0, 0.1) is 0 Å². The molecule has 0 spiro atoms. The van der Waals surface area contributed by atoms with Crippen molar-refractivity contribution in [3.63, 3.8) is 0 Å². The number of ether oxygens (including phenoxy) is 1. The maximum atomic E-state index is 11.4. The van der Waals surface area contributed by atoms with Gasteiger partial charge < -0.3 is 15.8 Å². The Morgan fingerprint density at radius 1 is 1.33 bits per heavy atom. The number of nitrogens with one attached hydrogen (secondary N) is 1. The van der Waals surface area contributed by atoms with Gasteiger partial charge in [-0.1, -0.05) is 30.3 Å². The highest BCUT2D eigenvalue weighted by Crippen LogP contribution is 2.09. The molecule has 0 saturated carbocycles. The van der Waals surface area contributed by atoms with Gasteiger partial charge in [-0.25, -0.2) is 0 Å². The molecule has 0 aliphatic rings. The molecule has 3 N–H and O–H groups in total. The van der Waals surface area contributed by atoms with Crippen LogP contribution in [0.3, 0.4) is 0 Å². The largest absolute Gasteiger partial charge is 0.378 e. The van der Waals surface area contributed by atoms with Crippen molar-refractivity contribution in [1.82, 2.24) is 5.32 Å². The van der Waals surface area contributed by atoms with E-state index in [2.05, 4.69) is 5.32 Å². The van der Waals surface area contributed by atoms with E-state index in [0.717, 1.165) is 5.56 Å². The smallest absolute Gasteiger partial charge is 0.242 e. The third-order valence-electron chi connectivity index (χ3n) is 2.62. The van der Waals surface area contributed by atoms with Gasteiger partial charge >= 0.3 is 0 Å². The van der Waals surface area contributed by atoms with Crippen molar-refractivity contribution in [1.29, 1.82) is 0 Å². The molecule has 2 amide bonds. The lowest BCUT2D eigenvalue weighted by molar-refractivity contribution is -0.129. The number of rotatable bonds is 6. The number of primary amides is 1. The van der Waals surface area contributed by atoms with E-state index < -0.39 is 18.1 Å². The molecule has 0 aliphatic carbocycles. The number of amides is 2. The molecule has 1 rings (SSSR count). The highest BCUT2D eigenvalue weighted by molar-refractivity contribution is 5.86. The van der Waals surface area contributed by atoms with Gasteiger partial charge in [-0.15, -0.1) is 0 Å². The molecule has 0 radical (unpaired) electrons. The first-order valence-electron chi connectivity index (χ1n) is 5.67. The maximum Gasteiger partial charge on any atom is 0.242 e. The number of methoxy groups -OCH3 is 1. The minimum atomic E-state index is -0.826. The number of benzene rings is 1. The SMILES string of the molecule is CO[C@H](Cc1ccccc1)C(NC(C)=O)C(N)=O. The van der Waals surface area contributed by atoms with Gasteiger partial charge in [-0.2, -0.15) is 0 Å². The van der Waals surface area contributed by atoms with E-state index >= 15 is 0 Å². The van der Waals surface area contributed by atoms with Crippen LogP contribution in [0.4, 0.5) is 0 Å². The Kier molecular flexibility index (Phi) is 5.32. The van der Waals surface area contributed by atoms with Crippen LogP contribution in [0.5, 0.6) is 0 Å². The summed E-state index contributed by atoms with van der Waals surface area (Å²) in [6.07, 6.45) is 0.0272. The molecule has 98 valence electrons. The molecule has 0 aromatic heterocycles. The summed E-state index contributed by atoms with van der Waals surface area (Å²) >= 11 is 0.